The van der Waals surface area contributed by atoms with Crippen LogP contribution in [0.3, 0.4) is 0 Å². The first-order valence-electron chi connectivity index (χ1n) is 7.57. The minimum atomic E-state index is -4.81. The summed E-state index contributed by atoms with van der Waals surface area (Å²) in [6.07, 6.45) is -6.23. The van der Waals surface area contributed by atoms with Crippen molar-refractivity contribution in [3.8, 4) is 16.9 Å². The molecule has 3 nitrogen and oxygen atoms in total. The fourth-order valence-electron chi connectivity index (χ4n) is 3.02. The van der Waals surface area contributed by atoms with Crippen LogP contribution in [0.5, 0.6) is 5.75 Å². The third-order valence-corrected chi connectivity index (χ3v) is 3.97. The van der Waals surface area contributed by atoms with Crippen LogP contribution in [0.15, 0.2) is 42.0 Å². The molecule has 2 aromatic carbocycles. The molecule has 2 aromatic rings. The van der Waals surface area contributed by atoms with Crippen LogP contribution in [0.4, 0.5) is 13.2 Å². The van der Waals surface area contributed by atoms with Gasteiger partial charge in [0.1, 0.15) is 5.75 Å². The highest BCUT2D eigenvalue weighted by Crippen LogP contribution is 2.41. The highest BCUT2D eigenvalue weighted by atomic mass is 19.4. The summed E-state index contributed by atoms with van der Waals surface area (Å²) in [6, 6.07) is 10.5. The highest BCUT2D eigenvalue weighted by molar-refractivity contribution is 5.97. The summed E-state index contributed by atoms with van der Waals surface area (Å²) in [5.74, 6) is -1.63. The molecule has 0 bridgehead atoms. The third-order valence-electron chi connectivity index (χ3n) is 3.97. The van der Waals surface area contributed by atoms with Crippen molar-refractivity contribution in [2.45, 2.75) is 26.1 Å². The Bertz CT molecular complexity index is 862. The van der Waals surface area contributed by atoms with Gasteiger partial charge in [0.15, 0.2) is 0 Å². The Labute approximate surface area is 142 Å². The largest absolute Gasteiger partial charge is 0.478 e. The van der Waals surface area contributed by atoms with Gasteiger partial charge >= 0.3 is 12.1 Å². The molecule has 1 aliphatic heterocycles. The van der Waals surface area contributed by atoms with Crippen molar-refractivity contribution in [1.29, 1.82) is 0 Å². The van der Waals surface area contributed by atoms with E-state index in [2.05, 4.69) is 0 Å². The maximum absolute atomic E-state index is 13.1. The maximum atomic E-state index is 13.1. The number of ether oxygens (including phenoxy) is 1. The Kier molecular flexibility index (Phi) is 4.06. The minimum Gasteiger partial charge on any atom is -0.478 e. The van der Waals surface area contributed by atoms with Gasteiger partial charge in [-0.2, -0.15) is 13.2 Å². The molecule has 1 aliphatic rings. The van der Waals surface area contributed by atoms with Gasteiger partial charge in [-0.3, -0.25) is 0 Å². The number of hydrogen-bond acceptors (Lipinski definition) is 2. The molecule has 25 heavy (non-hydrogen) atoms. The molecule has 1 N–H and O–H groups in total. The zero-order valence-electron chi connectivity index (χ0n) is 13.5. The lowest BCUT2D eigenvalue weighted by atomic mass is 9.92. The molecular formula is C19H15F3O3. The van der Waals surface area contributed by atoms with Crippen LogP contribution in [0, 0.1) is 13.8 Å². The van der Waals surface area contributed by atoms with Gasteiger partial charge in [0.25, 0.3) is 0 Å². The van der Waals surface area contributed by atoms with Crippen LogP contribution in [-0.4, -0.2) is 23.4 Å². The van der Waals surface area contributed by atoms with E-state index in [4.69, 9.17) is 4.74 Å². The molecule has 6 heteroatoms. The van der Waals surface area contributed by atoms with Gasteiger partial charge in [0.2, 0.25) is 6.10 Å². The van der Waals surface area contributed by atoms with Crippen LogP contribution in [0.1, 0.15) is 16.7 Å². The Morgan fingerprint density at radius 3 is 2.32 bits per heavy atom. The van der Waals surface area contributed by atoms with Crippen molar-refractivity contribution < 1.29 is 27.8 Å². The average molecular weight is 348 g/mol. The quantitative estimate of drug-likeness (QED) is 0.851. The van der Waals surface area contributed by atoms with E-state index in [1.54, 1.807) is 12.1 Å². The number of hydrogen-bond donors (Lipinski definition) is 1. The van der Waals surface area contributed by atoms with Gasteiger partial charge in [0, 0.05) is 5.56 Å². The molecular weight excluding hydrogens is 333 g/mol. The van der Waals surface area contributed by atoms with E-state index in [0.29, 0.717) is 11.1 Å². The van der Waals surface area contributed by atoms with Crippen molar-refractivity contribution in [2.75, 3.05) is 0 Å². The second-order valence-electron chi connectivity index (χ2n) is 6.04. The number of carboxylic acid groups (broad SMARTS) is 1. The van der Waals surface area contributed by atoms with E-state index in [1.165, 1.54) is 6.07 Å². The van der Waals surface area contributed by atoms with Crippen LogP contribution in [-0.2, 0) is 4.79 Å². The van der Waals surface area contributed by atoms with E-state index in [1.807, 2.05) is 32.0 Å². The summed E-state index contributed by atoms with van der Waals surface area (Å²) < 4.78 is 44.5. The smallest absolute Gasteiger partial charge is 0.430 e. The summed E-state index contributed by atoms with van der Waals surface area (Å²) in [6.45, 7) is 3.83. The molecule has 0 amide bonds. The standard InChI is InChI=1S/C19H15F3O3/c1-10-6-11(2)8-12(7-10)13-4-3-5-16-14(13)9-15(18(23)24)17(25-16)19(20,21)22/h3-9,17H,1-2H3,(H,23,24). The van der Waals surface area contributed by atoms with Crippen molar-refractivity contribution >= 4 is 12.0 Å². The molecule has 1 unspecified atom stereocenters. The molecule has 0 aromatic heterocycles. The van der Waals surface area contributed by atoms with E-state index in [-0.39, 0.29) is 5.75 Å². The van der Waals surface area contributed by atoms with Crippen molar-refractivity contribution in [2.24, 2.45) is 0 Å². The van der Waals surface area contributed by atoms with Crippen LogP contribution < -0.4 is 4.74 Å². The molecule has 0 aliphatic carbocycles. The Morgan fingerprint density at radius 1 is 1.12 bits per heavy atom. The summed E-state index contributed by atoms with van der Waals surface area (Å²) in [7, 11) is 0. The lowest BCUT2D eigenvalue weighted by molar-refractivity contribution is -0.187. The molecule has 0 saturated carbocycles. The normalized spacial score (nSPS) is 16.7. The van der Waals surface area contributed by atoms with Gasteiger partial charge < -0.3 is 9.84 Å². The van der Waals surface area contributed by atoms with Crippen molar-refractivity contribution in [3.05, 3.63) is 58.7 Å². The third kappa shape index (κ3) is 3.24. The van der Waals surface area contributed by atoms with Gasteiger partial charge in [0.05, 0.1) is 5.57 Å². The highest BCUT2D eigenvalue weighted by Gasteiger charge is 2.48. The molecule has 130 valence electrons. The first-order valence-corrected chi connectivity index (χ1v) is 7.57. The second-order valence-corrected chi connectivity index (χ2v) is 6.04. The number of fused-ring (bicyclic) bond motifs is 1. The number of rotatable bonds is 2. The first-order chi connectivity index (χ1) is 11.7. The number of carboxylic acids is 1. The van der Waals surface area contributed by atoms with Gasteiger partial charge in [-0.05, 0) is 37.1 Å². The molecule has 1 heterocycles. The predicted molar refractivity (Wildman–Crippen MR) is 87.4 cm³/mol. The summed E-state index contributed by atoms with van der Waals surface area (Å²) in [5.41, 5.74) is 2.94. The number of aliphatic carboxylic acids is 1. The number of halogens is 3. The predicted octanol–water partition coefficient (Wildman–Crippen LogP) is 4.76. The van der Waals surface area contributed by atoms with E-state index in [0.717, 1.165) is 22.8 Å². The summed E-state index contributed by atoms with van der Waals surface area (Å²) in [4.78, 5) is 11.3. The number of carbonyl (C=O) groups is 1. The molecule has 0 saturated heterocycles. The lowest BCUT2D eigenvalue weighted by Crippen LogP contribution is -2.40. The Balaban J connectivity index is 2.21. The SMILES string of the molecule is Cc1cc(C)cc(-c2cccc3c2C=C(C(=O)O)C(C(F)(F)F)O3)c1. The zero-order chi connectivity index (χ0) is 18.4. The topological polar surface area (TPSA) is 46.5 Å². The van der Waals surface area contributed by atoms with Crippen molar-refractivity contribution in [1.82, 2.24) is 0 Å². The van der Waals surface area contributed by atoms with Gasteiger partial charge in [-0.25, -0.2) is 4.79 Å². The van der Waals surface area contributed by atoms with Gasteiger partial charge in [-0.1, -0.05) is 41.5 Å². The number of benzene rings is 2. The molecule has 3 rings (SSSR count). The summed E-state index contributed by atoms with van der Waals surface area (Å²) >= 11 is 0. The fraction of sp³-hybridized carbons (Fsp3) is 0.211. The maximum Gasteiger partial charge on any atom is 0.430 e. The van der Waals surface area contributed by atoms with Crippen molar-refractivity contribution in [3.63, 3.8) is 0 Å². The zero-order valence-corrected chi connectivity index (χ0v) is 13.5. The lowest BCUT2D eigenvalue weighted by Gasteiger charge is -2.28. The molecule has 0 fully saturated rings. The Morgan fingerprint density at radius 2 is 1.76 bits per heavy atom. The monoisotopic (exact) mass is 348 g/mol. The average Bonchev–Trinajstić information content (AvgIpc) is 2.51. The van der Waals surface area contributed by atoms with E-state index < -0.39 is 23.8 Å². The number of aryl methyl sites for hydroxylation is 2. The van der Waals surface area contributed by atoms with Crippen LogP contribution in [0.25, 0.3) is 17.2 Å². The Hall–Kier alpha value is -2.76. The summed E-state index contributed by atoms with van der Waals surface area (Å²) in [5, 5.41) is 9.20. The molecule has 0 radical (unpaired) electrons. The minimum absolute atomic E-state index is 0.0176. The van der Waals surface area contributed by atoms with E-state index in [9.17, 15) is 23.1 Å². The second kappa shape index (κ2) is 5.95. The van der Waals surface area contributed by atoms with Crippen LogP contribution >= 0.6 is 0 Å². The first kappa shape index (κ1) is 17.1. The van der Waals surface area contributed by atoms with Gasteiger partial charge in [-0.15, -0.1) is 0 Å². The molecule has 0 spiro atoms. The molecule has 1 atom stereocenters. The number of alkyl halides is 3. The van der Waals surface area contributed by atoms with Crippen LogP contribution in [0.2, 0.25) is 0 Å². The fourth-order valence-corrected chi connectivity index (χ4v) is 3.02. The van der Waals surface area contributed by atoms with E-state index >= 15 is 0 Å².